The molecule has 0 saturated heterocycles. The number of amides is 1. The highest BCUT2D eigenvalue weighted by atomic mass is 35.5. The Morgan fingerprint density at radius 2 is 2.05 bits per heavy atom. The molecule has 1 amide bonds. The molecule has 0 aliphatic carbocycles. The molecule has 0 unspecified atom stereocenters. The van der Waals surface area contributed by atoms with E-state index in [1.807, 2.05) is 0 Å². The van der Waals surface area contributed by atoms with E-state index in [2.05, 4.69) is 15.4 Å². The van der Waals surface area contributed by atoms with Crippen LogP contribution in [-0.2, 0) is 11.3 Å². The first kappa shape index (κ1) is 14.6. The zero-order valence-corrected chi connectivity index (χ0v) is 11.9. The topological polar surface area (TPSA) is 80.0 Å². The minimum absolute atomic E-state index is 0.0930. The van der Waals surface area contributed by atoms with Gasteiger partial charge in [-0.2, -0.15) is 5.10 Å². The van der Waals surface area contributed by atoms with Crippen molar-refractivity contribution in [3.63, 3.8) is 0 Å². The number of phenolic OH excluding ortho intramolecular Hbond substituents is 1. The molecule has 0 aliphatic heterocycles. The summed E-state index contributed by atoms with van der Waals surface area (Å²) in [7, 11) is 0. The molecule has 2 rings (SSSR count). The van der Waals surface area contributed by atoms with Gasteiger partial charge >= 0.3 is 0 Å². The summed E-state index contributed by atoms with van der Waals surface area (Å²) in [4.78, 5) is 15.6. The van der Waals surface area contributed by atoms with Gasteiger partial charge in [0, 0.05) is 18.7 Å². The molecule has 6 nitrogen and oxygen atoms in total. The number of halogens is 2. The first-order valence-corrected chi connectivity index (χ1v) is 6.62. The van der Waals surface area contributed by atoms with E-state index in [9.17, 15) is 9.90 Å². The van der Waals surface area contributed by atoms with E-state index < -0.39 is 0 Å². The zero-order chi connectivity index (χ0) is 14.5. The van der Waals surface area contributed by atoms with Crippen LogP contribution >= 0.6 is 23.2 Å². The maximum absolute atomic E-state index is 11.7. The Labute approximate surface area is 125 Å². The number of aromatic nitrogens is 3. The summed E-state index contributed by atoms with van der Waals surface area (Å²) in [5.74, 6) is -0.361. The number of benzene rings is 1. The number of hydrogen-bond donors (Lipinski definition) is 2. The van der Waals surface area contributed by atoms with Gasteiger partial charge in [-0.05, 0) is 18.6 Å². The largest absolute Gasteiger partial charge is 0.505 e. The molecule has 0 fully saturated rings. The predicted molar refractivity (Wildman–Crippen MR) is 76.0 cm³/mol. The van der Waals surface area contributed by atoms with Crippen molar-refractivity contribution in [1.82, 2.24) is 14.8 Å². The fourth-order valence-corrected chi connectivity index (χ4v) is 2.10. The van der Waals surface area contributed by atoms with E-state index in [0.29, 0.717) is 25.1 Å². The van der Waals surface area contributed by atoms with Gasteiger partial charge in [-0.25, -0.2) is 4.98 Å². The Kier molecular flexibility index (Phi) is 4.81. The Morgan fingerprint density at radius 1 is 1.35 bits per heavy atom. The average Bonchev–Trinajstić information content (AvgIpc) is 2.89. The summed E-state index contributed by atoms with van der Waals surface area (Å²) in [6.07, 6.45) is 4.00. The average molecular weight is 315 g/mol. The van der Waals surface area contributed by atoms with Crippen LogP contribution in [0.1, 0.15) is 12.8 Å². The molecule has 0 bridgehead atoms. The molecule has 2 N–H and O–H groups in total. The number of rotatable bonds is 5. The summed E-state index contributed by atoms with van der Waals surface area (Å²) in [5.41, 5.74) is 0.448. The van der Waals surface area contributed by atoms with Crippen LogP contribution in [0.15, 0.2) is 24.8 Å². The predicted octanol–water partition coefficient (Wildman–Crippen LogP) is 2.71. The molecular formula is C12H12Cl2N4O2. The van der Waals surface area contributed by atoms with Crippen molar-refractivity contribution in [3.8, 4) is 5.75 Å². The van der Waals surface area contributed by atoms with E-state index in [4.69, 9.17) is 23.2 Å². The Morgan fingerprint density at radius 3 is 2.65 bits per heavy atom. The maximum atomic E-state index is 11.7. The number of carbonyl (C=O) groups is 1. The van der Waals surface area contributed by atoms with Gasteiger partial charge in [-0.3, -0.25) is 9.48 Å². The maximum Gasteiger partial charge on any atom is 0.224 e. The van der Waals surface area contributed by atoms with Crippen molar-refractivity contribution >= 4 is 34.8 Å². The standard InChI is InChI=1S/C12H12Cl2N4O2/c13-9-4-8(5-10(14)12(9)20)17-11(19)2-1-3-18-7-15-6-16-18/h4-7,20H,1-3H2,(H,17,19). The highest BCUT2D eigenvalue weighted by Crippen LogP contribution is 2.34. The molecule has 0 atom stereocenters. The van der Waals surface area contributed by atoms with E-state index in [1.165, 1.54) is 18.5 Å². The highest BCUT2D eigenvalue weighted by Gasteiger charge is 2.09. The van der Waals surface area contributed by atoms with Crippen LogP contribution in [0.5, 0.6) is 5.75 Å². The molecule has 0 saturated carbocycles. The van der Waals surface area contributed by atoms with Gasteiger partial charge in [0.25, 0.3) is 0 Å². The van der Waals surface area contributed by atoms with Gasteiger partial charge in [0.2, 0.25) is 5.91 Å². The fourth-order valence-electron chi connectivity index (χ4n) is 1.61. The lowest BCUT2D eigenvalue weighted by molar-refractivity contribution is -0.116. The van der Waals surface area contributed by atoms with Crippen molar-refractivity contribution < 1.29 is 9.90 Å². The number of nitrogens with one attached hydrogen (secondary N) is 1. The molecule has 106 valence electrons. The number of nitrogens with zero attached hydrogens (tertiary/aromatic N) is 3. The van der Waals surface area contributed by atoms with Gasteiger partial charge in [-0.1, -0.05) is 23.2 Å². The molecule has 0 spiro atoms. The van der Waals surface area contributed by atoms with Crippen LogP contribution < -0.4 is 5.32 Å². The molecule has 0 aliphatic rings. The first-order valence-electron chi connectivity index (χ1n) is 5.86. The van der Waals surface area contributed by atoms with Crippen LogP contribution in [0, 0.1) is 0 Å². The minimum atomic E-state index is -0.197. The van der Waals surface area contributed by atoms with Gasteiger partial charge in [0.1, 0.15) is 12.7 Å². The normalized spacial score (nSPS) is 10.5. The molecule has 1 aromatic carbocycles. The van der Waals surface area contributed by atoms with Crippen molar-refractivity contribution in [2.45, 2.75) is 19.4 Å². The summed E-state index contributed by atoms with van der Waals surface area (Å²) in [6.45, 7) is 0.616. The third kappa shape index (κ3) is 3.85. The Bertz CT molecular complexity index is 579. The van der Waals surface area contributed by atoms with Crippen molar-refractivity contribution in [2.24, 2.45) is 0 Å². The molecule has 1 aromatic heterocycles. The molecule has 1 heterocycles. The number of carbonyl (C=O) groups excluding carboxylic acids is 1. The van der Waals surface area contributed by atoms with Crippen molar-refractivity contribution in [3.05, 3.63) is 34.8 Å². The smallest absolute Gasteiger partial charge is 0.224 e. The summed E-state index contributed by atoms with van der Waals surface area (Å²) in [6, 6.07) is 2.89. The first-order chi connectivity index (χ1) is 9.56. The second-order valence-electron chi connectivity index (χ2n) is 4.10. The van der Waals surface area contributed by atoms with E-state index >= 15 is 0 Å². The SMILES string of the molecule is O=C(CCCn1cncn1)Nc1cc(Cl)c(O)c(Cl)c1. The summed E-state index contributed by atoms with van der Waals surface area (Å²) in [5, 5.41) is 16.2. The van der Waals surface area contributed by atoms with Crippen LogP contribution in [0.2, 0.25) is 10.0 Å². The zero-order valence-electron chi connectivity index (χ0n) is 10.4. The highest BCUT2D eigenvalue weighted by molar-refractivity contribution is 6.37. The number of phenols is 1. The Hall–Kier alpha value is -1.79. The number of aromatic hydroxyl groups is 1. The fraction of sp³-hybridized carbons (Fsp3) is 0.250. The molecule has 2 aromatic rings. The van der Waals surface area contributed by atoms with Crippen LogP contribution in [-0.4, -0.2) is 25.8 Å². The number of hydrogen-bond acceptors (Lipinski definition) is 4. The molecule has 0 radical (unpaired) electrons. The van der Waals surface area contributed by atoms with Gasteiger partial charge in [0.05, 0.1) is 10.0 Å². The van der Waals surface area contributed by atoms with Crippen molar-refractivity contribution in [2.75, 3.05) is 5.32 Å². The number of anilines is 1. The van der Waals surface area contributed by atoms with E-state index in [1.54, 1.807) is 11.0 Å². The molecule has 20 heavy (non-hydrogen) atoms. The van der Waals surface area contributed by atoms with Gasteiger partial charge in [-0.15, -0.1) is 0 Å². The van der Waals surface area contributed by atoms with Crippen LogP contribution in [0.25, 0.3) is 0 Å². The second kappa shape index (κ2) is 6.58. The summed E-state index contributed by atoms with van der Waals surface area (Å²) < 4.78 is 1.65. The lowest BCUT2D eigenvalue weighted by atomic mass is 10.2. The third-order valence-corrected chi connectivity index (χ3v) is 3.13. The van der Waals surface area contributed by atoms with E-state index in [0.717, 1.165) is 0 Å². The van der Waals surface area contributed by atoms with Crippen LogP contribution in [0.4, 0.5) is 5.69 Å². The number of aryl methyl sites for hydroxylation is 1. The van der Waals surface area contributed by atoms with Crippen LogP contribution in [0.3, 0.4) is 0 Å². The minimum Gasteiger partial charge on any atom is -0.505 e. The van der Waals surface area contributed by atoms with Crippen molar-refractivity contribution in [1.29, 1.82) is 0 Å². The van der Waals surface area contributed by atoms with Gasteiger partial charge < -0.3 is 10.4 Å². The lowest BCUT2D eigenvalue weighted by Gasteiger charge is -2.08. The quantitative estimate of drug-likeness (QED) is 0.831. The lowest BCUT2D eigenvalue weighted by Crippen LogP contribution is -2.12. The molecule has 8 heteroatoms. The Balaban J connectivity index is 1.85. The van der Waals surface area contributed by atoms with Gasteiger partial charge in [0.15, 0.2) is 5.75 Å². The third-order valence-electron chi connectivity index (χ3n) is 2.56. The monoisotopic (exact) mass is 314 g/mol. The second-order valence-corrected chi connectivity index (χ2v) is 4.91. The molecular weight excluding hydrogens is 303 g/mol. The summed E-state index contributed by atoms with van der Waals surface area (Å²) >= 11 is 11.5. The van der Waals surface area contributed by atoms with E-state index in [-0.39, 0.29) is 21.7 Å².